The number of aromatic nitrogens is 2. The molecule has 0 amide bonds. The van der Waals surface area contributed by atoms with Gasteiger partial charge in [0.1, 0.15) is 18.5 Å². The molecular weight excluding hydrogens is 567 g/mol. The zero-order chi connectivity index (χ0) is 30.3. The second-order valence-corrected chi connectivity index (χ2v) is 13.0. The molecule has 4 bridgehead atoms. The van der Waals surface area contributed by atoms with E-state index < -0.39 is 15.6 Å². The van der Waals surface area contributed by atoms with Gasteiger partial charge in [0, 0.05) is 5.56 Å². The van der Waals surface area contributed by atoms with Crippen LogP contribution < -0.4 is 4.57 Å². The van der Waals surface area contributed by atoms with E-state index in [-0.39, 0.29) is 11.5 Å². The maximum atomic E-state index is 10.7. The van der Waals surface area contributed by atoms with E-state index in [9.17, 15) is 13.2 Å². The summed E-state index contributed by atoms with van der Waals surface area (Å²) >= 11 is 0. The average Bonchev–Trinajstić information content (AvgIpc) is 3.57. The molecule has 0 fully saturated rings. The van der Waals surface area contributed by atoms with Gasteiger partial charge in [-0.25, -0.2) is 22.4 Å². The van der Waals surface area contributed by atoms with Crippen LogP contribution in [0.4, 0.5) is 13.2 Å². The summed E-state index contributed by atoms with van der Waals surface area (Å²) < 4.78 is 69.5. The molecule has 4 aromatic rings. The van der Waals surface area contributed by atoms with Crippen LogP contribution in [0.25, 0.3) is 11.2 Å². The van der Waals surface area contributed by atoms with Crippen molar-refractivity contribution in [3.63, 3.8) is 0 Å². The Bertz CT molecular complexity index is 1720. The minimum Gasteiger partial charge on any atom is -0.741 e. The lowest BCUT2D eigenvalue weighted by molar-refractivity contribution is -0.594. The Morgan fingerprint density at radius 3 is 2.21 bits per heavy atom. The molecule has 2 aromatic heterocycles. The third kappa shape index (κ3) is 6.52. The van der Waals surface area contributed by atoms with Crippen LogP contribution in [-0.2, 0) is 40.5 Å². The van der Waals surface area contributed by atoms with Gasteiger partial charge in [-0.2, -0.15) is 13.2 Å². The highest BCUT2D eigenvalue weighted by Gasteiger charge is 2.37. The van der Waals surface area contributed by atoms with Gasteiger partial charge in [-0.15, -0.1) is 0 Å². The molecule has 0 radical (unpaired) electrons. The topological polar surface area (TPSA) is 87.1 Å². The zero-order valence-electron chi connectivity index (χ0n) is 23.6. The number of pyridine rings is 1. The van der Waals surface area contributed by atoms with Crippen molar-refractivity contribution in [3.05, 3.63) is 101 Å². The number of hydrogen-bond donors (Lipinski definition) is 0. The standard InChI is InChI=1S/C30H32N3O.CHF3O3S/c1-30(2,3)28-19-34-29(31-28)26-16-21-7-11-23(26)12-8-22-10-14-24(13-9-21)27(17-22)33-18-25-6-4-5-15-32(25)20-33;2-1(3,4)8(5,6)7/h4-7,10-11,14-18,20,28H,8-9,12-13,19H2,1-3H3;(H,5,6,7)/q+1;/p-1/t28-;/m1./s1. The van der Waals surface area contributed by atoms with Crippen molar-refractivity contribution in [1.29, 1.82) is 0 Å². The second kappa shape index (κ2) is 11.2. The fourth-order valence-corrected chi connectivity index (χ4v) is 5.06. The van der Waals surface area contributed by atoms with Crippen LogP contribution in [0, 0.1) is 5.41 Å². The smallest absolute Gasteiger partial charge is 0.485 e. The van der Waals surface area contributed by atoms with Gasteiger partial charge < -0.3 is 9.29 Å². The van der Waals surface area contributed by atoms with Crippen molar-refractivity contribution >= 4 is 21.5 Å². The van der Waals surface area contributed by atoms with E-state index in [1.165, 1.54) is 39.0 Å². The Hall–Kier alpha value is -3.70. The monoisotopic (exact) mass is 599 g/mol. The Morgan fingerprint density at radius 2 is 1.60 bits per heavy atom. The lowest BCUT2D eigenvalue weighted by atomic mass is 9.88. The molecule has 0 saturated heterocycles. The fourth-order valence-electron chi connectivity index (χ4n) is 5.06. The Morgan fingerprint density at radius 1 is 0.952 bits per heavy atom. The molecule has 1 aliphatic heterocycles. The number of aryl methyl sites for hydroxylation is 4. The summed E-state index contributed by atoms with van der Waals surface area (Å²) in [6.45, 7) is 7.40. The van der Waals surface area contributed by atoms with E-state index >= 15 is 0 Å². The normalized spacial score (nSPS) is 17.2. The van der Waals surface area contributed by atoms with Gasteiger partial charge in [-0.05, 0) is 77.6 Å². The number of hydrogen-bond acceptors (Lipinski definition) is 5. The van der Waals surface area contributed by atoms with Crippen LogP contribution >= 0.6 is 0 Å². The average molecular weight is 600 g/mol. The lowest BCUT2D eigenvalue weighted by Gasteiger charge is -2.21. The van der Waals surface area contributed by atoms with E-state index in [2.05, 4.69) is 103 Å². The number of benzene rings is 2. The molecular formula is C31H32F3N3O4S. The van der Waals surface area contributed by atoms with Gasteiger partial charge in [-0.1, -0.05) is 51.1 Å². The molecule has 5 aliphatic rings. The number of alkyl halides is 3. The van der Waals surface area contributed by atoms with Crippen LogP contribution in [0.2, 0.25) is 0 Å². The molecule has 2 aromatic carbocycles. The van der Waals surface area contributed by atoms with Gasteiger partial charge in [0.05, 0.1) is 12.2 Å². The third-order valence-electron chi connectivity index (χ3n) is 7.58. The Kier molecular flexibility index (Phi) is 7.93. The molecule has 42 heavy (non-hydrogen) atoms. The van der Waals surface area contributed by atoms with E-state index in [1.807, 2.05) is 0 Å². The number of ether oxygens (including phenoxy) is 1. The number of nitrogens with zero attached hydrogens (tertiary/aromatic N) is 3. The predicted molar refractivity (Wildman–Crippen MR) is 152 cm³/mol. The zero-order valence-corrected chi connectivity index (χ0v) is 24.4. The van der Waals surface area contributed by atoms with Crippen molar-refractivity contribution < 1.29 is 35.4 Å². The number of fused-ring (bicyclic) bond motifs is 1. The largest absolute Gasteiger partial charge is 0.741 e. The molecule has 1 atom stereocenters. The first-order valence-electron chi connectivity index (χ1n) is 13.6. The lowest BCUT2D eigenvalue weighted by Crippen LogP contribution is -2.29. The van der Waals surface area contributed by atoms with Gasteiger partial charge in [0.25, 0.3) is 6.33 Å². The maximum absolute atomic E-state index is 10.7. The highest BCUT2D eigenvalue weighted by atomic mass is 32.2. The van der Waals surface area contributed by atoms with Crippen LogP contribution in [0.3, 0.4) is 0 Å². The minimum atomic E-state index is -6.09. The second-order valence-electron chi connectivity index (χ2n) is 11.7. The summed E-state index contributed by atoms with van der Waals surface area (Å²) in [7, 11) is -6.09. The highest BCUT2D eigenvalue weighted by Crippen LogP contribution is 2.29. The van der Waals surface area contributed by atoms with E-state index in [0.717, 1.165) is 31.6 Å². The van der Waals surface area contributed by atoms with Crippen LogP contribution in [0.15, 0.2) is 78.3 Å². The van der Waals surface area contributed by atoms with Crippen molar-refractivity contribution in [2.45, 2.75) is 58.0 Å². The molecule has 7 nitrogen and oxygen atoms in total. The summed E-state index contributed by atoms with van der Waals surface area (Å²) in [5.41, 5.74) is 3.53. The first-order chi connectivity index (χ1) is 19.7. The summed E-state index contributed by atoms with van der Waals surface area (Å²) in [5, 5.41) is 0. The highest BCUT2D eigenvalue weighted by molar-refractivity contribution is 7.86. The minimum absolute atomic E-state index is 0.111. The van der Waals surface area contributed by atoms with E-state index in [0.29, 0.717) is 6.61 Å². The molecule has 222 valence electrons. The molecule has 11 heteroatoms. The molecule has 0 spiro atoms. The summed E-state index contributed by atoms with van der Waals surface area (Å²) in [6.07, 6.45) is 10.4. The predicted octanol–water partition coefficient (Wildman–Crippen LogP) is 5.34. The SMILES string of the molecule is CC(C)(C)[C@H]1COC(c2cc3ccc2CCc2ccc(c(-[n+]4cc5ccccn5c4)c2)CC3)=N1.O=S(=O)([O-])C(F)(F)F. The first-order valence-corrected chi connectivity index (χ1v) is 15.0. The van der Waals surface area contributed by atoms with Crippen molar-refractivity contribution in [1.82, 2.24) is 4.40 Å². The fraction of sp³-hybridized carbons (Fsp3) is 0.355. The van der Waals surface area contributed by atoms with Gasteiger partial charge in [-0.3, -0.25) is 0 Å². The molecule has 0 saturated carbocycles. The first kappa shape index (κ1) is 29.8. The summed E-state index contributed by atoms with van der Waals surface area (Å²) in [4.78, 5) is 5.00. The number of imidazole rings is 1. The van der Waals surface area contributed by atoms with Crippen LogP contribution in [0.1, 0.15) is 48.6 Å². The van der Waals surface area contributed by atoms with Crippen molar-refractivity contribution in [3.8, 4) is 5.69 Å². The number of aliphatic imine (C=N–C) groups is 1. The number of halogens is 3. The Balaban J connectivity index is 0.000000390. The van der Waals surface area contributed by atoms with Gasteiger partial charge in [0.2, 0.25) is 5.90 Å². The molecule has 4 aliphatic carbocycles. The number of rotatable bonds is 2. The molecule has 0 N–H and O–H groups in total. The van der Waals surface area contributed by atoms with Gasteiger partial charge >= 0.3 is 5.51 Å². The van der Waals surface area contributed by atoms with Crippen LogP contribution in [-0.4, -0.2) is 41.4 Å². The molecule has 0 unspecified atom stereocenters. The third-order valence-corrected chi connectivity index (χ3v) is 8.14. The summed E-state index contributed by atoms with van der Waals surface area (Å²) in [5.74, 6) is 0.833. The van der Waals surface area contributed by atoms with Crippen molar-refractivity contribution in [2.75, 3.05) is 6.61 Å². The van der Waals surface area contributed by atoms with E-state index in [4.69, 9.17) is 22.7 Å². The maximum Gasteiger partial charge on any atom is 0.485 e. The summed E-state index contributed by atoms with van der Waals surface area (Å²) in [6, 6.07) is 20.5. The quantitative estimate of drug-likeness (QED) is 0.177. The van der Waals surface area contributed by atoms with E-state index in [1.54, 1.807) is 0 Å². The Labute approximate surface area is 243 Å². The molecule has 9 rings (SSSR count). The van der Waals surface area contributed by atoms with Crippen molar-refractivity contribution in [2.24, 2.45) is 10.4 Å². The van der Waals surface area contributed by atoms with Crippen LogP contribution in [0.5, 0.6) is 0 Å². The molecule has 3 heterocycles. The van der Waals surface area contributed by atoms with Gasteiger partial charge in [0.15, 0.2) is 15.6 Å².